The van der Waals surface area contributed by atoms with Crippen LogP contribution in [0.5, 0.6) is 5.75 Å². The maximum Gasteiger partial charge on any atom is 0.339 e. The molecule has 0 spiro atoms. The predicted molar refractivity (Wildman–Crippen MR) is 98.9 cm³/mol. The number of benzene rings is 2. The van der Waals surface area contributed by atoms with Gasteiger partial charge in [0.05, 0.1) is 11.7 Å². The first-order valence-corrected chi connectivity index (χ1v) is 9.13. The van der Waals surface area contributed by atoms with Gasteiger partial charge in [0.1, 0.15) is 12.4 Å². The second-order valence-corrected chi connectivity index (χ2v) is 6.72. The minimum absolute atomic E-state index is 0.130. The Balaban J connectivity index is 1.38. The number of hydrogen-bond acceptors (Lipinski definition) is 5. The fraction of sp³-hybridized carbons (Fsp3) is 0.333. The van der Waals surface area contributed by atoms with Crippen LogP contribution >= 0.6 is 0 Å². The Morgan fingerprint density at radius 1 is 1.19 bits per heavy atom. The van der Waals surface area contributed by atoms with Crippen LogP contribution in [0.2, 0.25) is 0 Å². The van der Waals surface area contributed by atoms with Gasteiger partial charge in [-0.15, -0.1) is 0 Å². The Labute approximate surface area is 157 Å². The molecule has 2 unspecified atom stereocenters. The van der Waals surface area contributed by atoms with Crippen molar-refractivity contribution >= 4 is 17.6 Å². The van der Waals surface area contributed by atoms with Crippen molar-refractivity contribution in [2.24, 2.45) is 0 Å². The van der Waals surface area contributed by atoms with Crippen LogP contribution < -0.4 is 10.1 Å². The van der Waals surface area contributed by atoms with Gasteiger partial charge in [-0.25, -0.2) is 4.79 Å². The van der Waals surface area contributed by atoms with Crippen LogP contribution in [0.1, 0.15) is 28.8 Å². The van der Waals surface area contributed by atoms with E-state index < -0.39 is 12.1 Å². The number of cyclic esters (lactones) is 1. The van der Waals surface area contributed by atoms with Crippen LogP contribution in [0.4, 0.5) is 5.69 Å². The molecule has 2 aliphatic rings. The van der Waals surface area contributed by atoms with E-state index in [1.54, 1.807) is 24.3 Å². The van der Waals surface area contributed by atoms with E-state index in [-0.39, 0.29) is 12.0 Å². The van der Waals surface area contributed by atoms with Gasteiger partial charge in [-0.05, 0) is 36.6 Å². The Morgan fingerprint density at radius 3 is 2.93 bits per heavy atom. The number of ether oxygens (including phenoxy) is 3. The summed E-state index contributed by atoms with van der Waals surface area (Å²) in [6.45, 7) is 1.28. The summed E-state index contributed by atoms with van der Waals surface area (Å²) < 4.78 is 16.6. The molecule has 0 aromatic heterocycles. The molecule has 0 radical (unpaired) electrons. The van der Waals surface area contributed by atoms with Gasteiger partial charge < -0.3 is 19.5 Å². The maximum absolute atomic E-state index is 12.6. The summed E-state index contributed by atoms with van der Waals surface area (Å²) in [5, 5.41) is 2.80. The van der Waals surface area contributed by atoms with Gasteiger partial charge >= 0.3 is 5.97 Å². The molecule has 0 saturated carbocycles. The lowest BCUT2D eigenvalue weighted by molar-refractivity contribution is -0.125. The predicted octanol–water partition coefficient (Wildman–Crippen LogP) is 2.96. The van der Waals surface area contributed by atoms with Gasteiger partial charge in [-0.2, -0.15) is 0 Å². The molecular weight excluding hydrogens is 346 g/mol. The fourth-order valence-electron chi connectivity index (χ4n) is 3.33. The molecule has 6 heteroatoms. The van der Waals surface area contributed by atoms with Gasteiger partial charge in [0.2, 0.25) is 0 Å². The summed E-state index contributed by atoms with van der Waals surface area (Å²) >= 11 is 0. The average molecular weight is 367 g/mol. The van der Waals surface area contributed by atoms with E-state index >= 15 is 0 Å². The summed E-state index contributed by atoms with van der Waals surface area (Å²) in [6, 6.07) is 14.4. The molecule has 1 saturated heterocycles. The summed E-state index contributed by atoms with van der Waals surface area (Å²) in [4.78, 5) is 24.6. The number of fused-ring (bicyclic) bond motifs is 1. The highest BCUT2D eigenvalue weighted by atomic mass is 16.6. The van der Waals surface area contributed by atoms with E-state index in [0.717, 1.165) is 25.0 Å². The number of carbonyl (C=O) groups is 2. The lowest BCUT2D eigenvalue weighted by Gasteiger charge is -2.23. The van der Waals surface area contributed by atoms with Crippen LogP contribution in [0.15, 0.2) is 48.5 Å². The van der Waals surface area contributed by atoms with Crippen molar-refractivity contribution < 1.29 is 23.8 Å². The highest BCUT2D eigenvalue weighted by molar-refractivity contribution is 6.00. The van der Waals surface area contributed by atoms with Crippen molar-refractivity contribution in [1.82, 2.24) is 0 Å². The van der Waals surface area contributed by atoms with Gasteiger partial charge in [0, 0.05) is 24.8 Å². The van der Waals surface area contributed by atoms with E-state index in [1.807, 2.05) is 24.3 Å². The first-order chi connectivity index (χ1) is 13.2. The normalized spacial score (nSPS) is 21.3. The molecule has 140 valence electrons. The molecule has 1 N–H and O–H groups in total. The first kappa shape index (κ1) is 17.5. The fourth-order valence-corrected chi connectivity index (χ4v) is 3.33. The number of amides is 1. The van der Waals surface area contributed by atoms with E-state index in [2.05, 4.69) is 5.32 Å². The number of anilines is 1. The largest absolute Gasteiger partial charge is 0.491 e. The minimum atomic E-state index is -0.844. The van der Waals surface area contributed by atoms with Crippen molar-refractivity contribution in [1.29, 1.82) is 0 Å². The van der Waals surface area contributed by atoms with Crippen molar-refractivity contribution in [3.63, 3.8) is 0 Å². The number of carbonyl (C=O) groups excluding carboxylic acids is 2. The second-order valence-electron chi connectivity index (χ2n) is 6.72. The van der Waals surface area contributed by atoms with Gasteiger partial charge in [0.25, 0.3) is 5.91 Å². The molecule has 2 aromatic carbocycles. The minimum Gasteiger partial charge on any atom is -0.491 e. The number of rotatable bonds is 5. The molecule has 2 heterocycles. The molecular formula is C21H21NO5. The summed E-state index contributed by atoms with van der Waals surface area (Å²) in [5.41, 5.74) is 1.94. The van der Waals surface area contributed by atoms with Crippen LogP contribution in [0, 0.1) is 0 Å². The second kappa shape index (κ2) is 7.80. The lowest BCUT2D eigenvalue weighted by Crippen LogP contribution is -2.37. The molecule has 6 nitrogen and oxygen atoms in total. The summed E-state index contributed by atoms with van der Waals surface area (Å²) in [7, 11) is 0. The van der Waals surface area contributed by atoms with Gasteiger partial charge in [-0.1, -0.05) is 24.3 Å². The molecule has 1 fully saturated rings. The van der Waals surface area contributed by atoms with E-state index in [4.69, 9.17) is 14.2 Å². The average Bonchev–Trinajstić information content (AvgIpc) is 3.20. The van der Waals surface area contributed by atoms with E-state index in [0.29, 0.717) is 30.0 Å². The zero-order valence-electron chi connectivity index (χ0n) is 14.9. The SMILES string of the molecule is O=C1OC(C(=O)Nc2cccc(OCC3CCCO3)c2)Cc2ccccc21. The van der Waals surface area contributed by atoms with Crippen molar-refractivity contribution in [3.8, 4) is 5.75 Å². The third-order valence-electron chi connectivity index (χ3n) is 4.75. The Kier molecular flexibility index (Phi) is 5.07. The number of hydrogen-bond donors (Lipinski definition) is 1. The molecule has 0 aliphatic carbocycles. The standard InChI is InChI=1S/C21H21NO5/c23-20(19-11-14-5-1-2-9-18(14)21(24)27-19)22-15-6-3-7-16(12-15)26-13-17-8-4-10-25-17/h1-3,5-7,9,12,17,19H,4,8,10-11,13H2,(H,22,23). The zero-order chi connectivity index (χ0) is 18.6. The Hall–Kier alpha value is -2.86. The van der Waals surface area contributed by atoms with Crippen molar-refractivity contribution in [2.75, 3.05) is 18.5 Å². The van der Waals surface area contributed by atoms with Crippen LogP contribution in [-0.2, 0) is 20.7 Å². The monoisotopic (exact) mass is 367 g/mol. The third kappa shape index (κ3) is 4.11. The van der Waals surface area contributed by atoms with Crippen LogP contribution in [-0.4, -0.2) is 37.3 Å². The topological polar surface area (TPSA) is 73.9 Å². The highest BCUT2D eigenvalue weighted by Gasteiger charge is 2.31. The molecule has 1 amide bonds. The molecule has 27 heavy (non-hydrogen) atoms. The van der Waals surface area contributed by atoms with E-state index in [1.165, 1.54) is 0 Å². The maximum atomic E-state index is 12.6. The molecule has 0 bridgehead atoms. The summed E-state index contributed by atoms with van der Waals surface area (Å²) in [5.74, 6) is -0.158. The number of esters is 1. The zero-order valence-corrected chi connectivity index (χ0v) is 14.9. The summed E-state index contributed by atoms with van der Waals surface area (Å²) in [6.07, 6.45) is 1.72. The quantitative estimate of drug-likeness (QED) is 0.823. The van der Waals surface area contributed by atoms with Crippen molar-refractivity contribution in [3.05, 3.63) is 59.7 Å². The van der Waals surface area contributed by atoms with Crippen LogP contribution in [0.25, 0.3) is 0 Å². The molecule has 2 aliphatic heterocycles. The Morgan fingerprint density at radius 2 is 2.07 bits per heavy atom. The van der Waals surface area contributed by atoms with E-state index in [9.17, 15) is 9.59 Å². The van der Waals surface area contributed by atoms with Crippen molar-refractivity contribution in [2.45, 2.75) is 31.5 Å². The van der Waals surface area contributed by atoms with Gasteiger partial charge in [0.15, 0.2) is 6.10 Å². The number of nitrogens with one attached hydrogen (secondary N) is 1. The Bertz CT molecular complexity index is 844. The molecule has 2 aromatic rings. The third-order valence-corrected chi connectivity index (χ3v) is 4.75. The smallest absolute Gasteiger partial charge is 0.339 e. The first-order valence-electron chi connectivity index (χ1n) is 9.13. The van der Waals surface area contributed by atoms with Gasteiger partial charge in [-0.3, -0.25) is 4.79 Å². The molecule has 4 rings (SSSR count). The lowest BCUT2D eigenvalue weighted by atomic mass is 9.98. The van der Waals surface area contributed by atoms with Crippen LogP contribution in [0.3, 0.4) is 0 Å². The molecule has 2 atom stereocenters. The highest BCUT2D eigenvalue weighted by Crippen LogP contribution is 2.23.